The van der Waals surface area contributed by atoms with Gasteiger partial charge in [0.1, 0.15) is 0 Å². The third-order valence-electron chi connectivity index (χ3n) is 7.49. The average Bonchev–Trinajstić information content (AvgIpc) is 2.87. The Labute approximate surface area is 204 Å². The first-order valence-electron chi connectivity index (χ1n) is 11.8. The number of amides is 4. The molecule has 2 aromatic rings. The van der Waals surface area contributed by atoms with Crippen LogP contribution in [0.5, 0.6) is 11.5 Å². The lowest BCUT2D eigenvalue weighted by molar-refractivity contribution is -0.154. The van der Waals surface area contributed by atoms with Crippen molar-refractivity contribution in [3.05, 3.63) is 53.6 Å². The van der Waals surface area contributed by atoms with Crippen LogP contribution in [0, 0.1) is 5.41 Å². The summed E-state index contributed by atoms with van der Waals surface area (Å²) in [6.07, 6.45) is 0.692. The van der Waals surface area contributed by atoms with Crippen LogP contribution in [-0.4, -0.2) is 81.1 Å². The Hall–Kier alpha value is -3.59. The van der Waals surface area contributed by atoms with Gasteiger partial charge < -0.3 is 19.3 Å². The molecule has 0 aliphatic carbocycles. The van der Waals surface area contributed by atoms with Crippen LogP contribution < -0.4 is 19.7 Å². The summed E-state index contributed by atoms with van der Waals surface area (Å²) >= 11 is 0. The number of carbonyl (C=O) groups is 3. The van der Waals surface area contributed by atoms with Crippen molar-refractivity contribution in [2.45, 2.75) is 18.9 Å². The molecule has 184 valence electrons. The van der Waals surface area contributed by atoms with Gasteiger partial charge in [-0.3, -0.25) is 19.8 Å². The molecule has 0 unspecified atom stereocenters. The molecular formula is C26H30N4O5. The minimum Gasteiger partial charge on any atom is -0.493 e. The fraction of sp³-hybridized carbons (Fsp3) is 0.423. The highest BCUT2D eigenvalue weighted by molar-refractivity contribution is 6.20. The first-order chi connectivity index (χ1) is 16.9. The number of para-hydroxylation sites is 1. The Bertz CT molecular complexity index is 1180. The van der Waals surface area contributed by atoms with Crippen molar-refractivity contribution >= 4 is 23.5 Å². The lowest BCUT2D eigenvalue weighted by Gasteiger charge is -2.55. The number of anilines is 1. The predicted octanol–water partition coefficient (Wildman–Crippen LogP) is 1.69. The Kier molecular flexibility index (Phi) is 5.88. The second kappa shape index (κ2) is 8.88. The molecular weight excluding hydrogens is 448 g/mol. The molecule has 3 heterocycles. The zero-order chi connectivity index (χ0) is 24.7. The summed E-state index contributed by atoms with van der Waals surface area (Å²) in [5.41, 5.74) is 1.54. The molecule has 9 heteroatoms. The molecule has 5 rings (SSSR count). The van der Waals surface area contributed by atoms with Gasteiger partial charge in [-0.25, -0.2) is 4.79 Å². The molecule has 4 amide bonds. The van der Waals surface area contributed by atoms with Gasteiger partial charge in [-0.1, -0.05) is 24.3 Å². The average molecular weight is 479 g/mol. The number of carbonyl (C=O) groups excluding carboxylic acids is 3. The number of ether oxygens (including phenoxy) is 2. The van der Waals surface area contributed by atoms with E-state index in [0.717, 1.165) is 23.4 Å². The highest BCUT2D eigenvalue weighted by atomic mass is 16.5. The number of barbiturate groups is 1. The van der Waals surface area contributed by atoms with Crippen LogP contribution >= 0.6 is 0 Å². The maximum atomic E-state index is 14.1. The molecule has 0 saturated carbocycles. The number of likely N-dealkylation sites (N-methyl/N-ethyl adjacent to an activating group) is 1. The number of imide groups is 2. The monoisotopic (exact) mass is 478 g/mol. The summed E-state index contributed by atoms with van der Waals surface area (Å²) in [6.45, 7) is 2.25. The van der Waals surface area contributed by atoms with Crippen molar-refractivity contribution in [2.24, 2.45) is 5.41 Å². The maximum Gasteiger partial charge on any atom is 0.330 e. The molecule has 0 radical (unpaired) electrons. The van der Waals surface area contributed by atoms with Gasteiger partial charge in [0.15, 0.2) is 16.9 Å². The van der Waals surface area contributed by atoms with E-state index in [0.29, 0.717) is 31.0 Å². The second-order valence-electron chi connectivity index (χ2n) is 9.40. The Morgan fingerprint density at radius 2 is 1.80 bits per heavy atom. The first-order valence-corrected chi connectivity index (χ1v) is 11.8. The molecule has 3 aliphatic heterocycles. The largest absolute Gasteiger partial charge is 0.493 e. The van der Waals surface area contributed by atoms with Gasteiger partial charge in [-0.15, -0.1) is 0 Å². The Balaban J connectivity index is 1.47. The van der Waals surface area contributed by atoms with Gasteiger partial charge >= 0.3 is 6.03 Å². The quantitative estimate of drug-likeness (QED) is 0.654. The number of urea groups is 1. The van der Waals surface area contributed by atoms with Crippen LogP contribution in [0.4, 0.5) is 10.5 Å². The normalized spacial score (nSPS) is 24.2. The number of benzene rings is 2. The molecule has 9 nitrogen and oxygen atoms in total. The Morgan fingerprint density at radius 3 is 2.57 bits per heavy atom. The molecule has 35 heavy (non-hydrogen) atoms. The summed E-state index contributed by atoms with van der Waals surface area (Å²) in [4.78, 5) is 46.0. The third-order valence-corrected chi connectivity index (χ3v) is 7.49. The topological polar surface area (TPSA) is 91.4 Å². The number of methoxy groups -OCH3 is 2. The smallest absolute Gasteiger partial charge is 0.330 e. The van der Waals surface area contributed by atoms with Crippen LogP contribution in [0.25, 0.3) is 0 Å². The standard InChI is InChI=1S/C26H30N4O5/c1-28-12-13-29-19-7-5-4-6-18(19)15-26(22(29)16-28)23(31)27-25(33)30(24(26)32)11-10-17-8-9-20(34-2)21(14-17)35-3/h4-9,14,22H,10-13,15-16H2,1-3H3,(H,27,31,33)/t22-,26-/m1/s1. The van der Waals surface area contributed by atoms with E-state index in [1.54, 1.807) is 20.3 Å². The first kappa shape index (κ1) is 23.2. The van der Waals surface area contributed by atoms with E-state index in [4.69, 9.17) is 9.47 Å². The Morgan fingerprint density at radius 1 is 1.03 bits per heavy atom. The van der Waals surface area contributed by atoms with Crippen LogP contribution in [0.3, 0.4) is 0 Å². The summed E-state index contributed by atoms with van der Waals surface area (Å²) < 4.78 is 10.7. The number of nitrogens with zero attached hydrogens (tertiary/aromatic N) is 3. The zero-order valence-corrected chi connectivity index (χ0v) is 20.2. The zero-order valence-electron chi connectivity index (χ0n) is 20.2. The highest BCUT2D eigenvalue weighted by Crippen LogP contribution is 2.45. The molecule has 1 spiro atoms. The van der Waals surface area contributed by atoms with Gasteiger partial charge in [0.25, 0.3) is 0 Å². The number of nitrogens with one attached hydrogen (secondary N) is 1. The van der Waals surface area contributed by atoms with Crippen LogP contribution in [0.1, 0.15) is 11.1 Å². The van der Waals surface area contributed by atoms with E-state index in [-0.39, 0.29) is 19.0 Å². The molecule has 3 aliphatic rings. The van der Waals surface area contributed by atoms with E-state index in [9.17, 15) is 14.4 Å². The van der Waals surface area contributed by atoms with Crippen LogP contribution in [0.2, 0.25) is 0 Å². The second-order valence-corrected chi connectivity index (χ2v) is 9.40. The van der Waals surface area contributed by atoms with Crippen molar-refractivity contribution in [1.29, 1.82) is 0 Å². The van der Waals surface area contributed by atoms with E-state index in [1.165, 1.54) is 4.90 Å². The molecule has 2 atom stereocenters. The summed E-state index contributed by atoms with van der Waals surface area (Å²) in [5.74, 6) is 0.256. The SMILES string of the molecule is COc1ccc(CCN2C(=O)NC(=O)[C@]3(Cc4ccccc4N4CCN(C)C[C@@H]43)C2=O)cc1OC. The summed E-state index contributed by atoms with van der Waals surface area (Å²) in [6, 6.07) is 12.4. The minimum atomic E-state index is -1.37. The number of rotatable bonds is 5. The van der Waals surface area contributed by atoms with Crippen molar-refractivity contribution in [3.8, 4) is 11.5 Å². The van der Waals surface area contributed by atoms with Crippen molar-refractivity contribution in [1.82, 2.24) is 15.1 Å². The summed E-state index contributed by atoms with van der Waals surface area (Å²) in [5, 5.41) is 2.51. The van der Waals surface area contributed by atoms with E-state index >= 15 is 0 Å². The minimum absolute atomic E-state index is 0.152. The van der Waals surface area contributed by atoms with Gasteiger partial charge in [0, 0.05) is 31.9 Å². The lowest BCUT2D eigenvalue weighted by atomic mass is 9.67. The fourth-order valence-corrected chi connectivity index (χ4v) is 5.62. The molecule has 2 fully saturated rings. The summed E-state index contributed by atoms with van der Waals surface area (Å²) in [7, 11) is 5.13. The third kappa shape index (κ3) is 3.70. The molecule has 0 bridgehead atoms. The van der Waals surface area contributed by atoms with Crippen molar-refractivity contribution < 1.29 is 23.9 Å². The maximum absolute atomic E-state index is 14.1. The van der Waals surface area contributed by atoms with E-state index in [2.05, 4.69) is 15.1 Å². The van der Waals surface area contributed by atoms with Crippen molar-refractivity contribution in [2.75, 3.05) is 52.3 Å². The van der Waals surface area contributed by atoms with Crippen LogP contribution in [0.15, 0.2) is 42.5 Å². The van der Waals surface area contributed by atoms with Gasteiger partial charge in [0.2, 0.25) is 11.8 Å². The number of piperazine rings is 1. The van der Waals surface area contributed by atoms with E-state index in [1.807, 2.05) is 43.4 Å². The molecule has 1 N–H and O–H groups in total. The molecule has 0 aromatic heterocycles. The molecule has 2 saturated heterocycles. The fourth-order valence-electron chi connectivity index (χ4n) is 5.62. The van der Waals surface area contributed by atoms with Gasteiger partial charge in [-0.05, 0) is 49.2 Å². The number of hydrogen-bond donors (Lipinski definition) is 1. The van der Waals surface area contributed by atoms with E-state index < -0.39 is 23.3 Å². The predicted molar refractivity (Wildman–Crippen MR) is 130 cm³/mol. The number of hydrogen-bond acceptors (Lipinski definition) is 7. The van der Waals surface area contributed by atoms with Crippen LogP contribution in [-0.2, 0) is 22.4 Å². The molecule has 2 aromatic carbocycles. The lowest BCUT2D eigenvalue weighted by Crippen LogP contribution is -2.75. The van der Waals surface area contributed by atoms with Gasteiger partial charge in [0.05, 0.1) is 20.3 Å². The number of fused-ring (bicyclic) bond motifs is 4. The van der Waals surface area contributed by atoms with Gasteiger partial charge in [-0.2, -0.15) is 0 Å². The highest BCUT2D eigenvalue weighted by Gasteiger charge is 2.62. The van der Waals surface area contributed by atoms with Crippen molar-refractivity contribution in [3.63, 3.8) is 0 Å².